The van der Waals surface area contributed by atoms with E-state index in [1.165, 1.54) is 16.4 Å². The largest absolute Gasteiger partial charge is 0.339 e. The van der Waals surface area contributed by atoms with Crippen LogP contribution in [0.25, 0.3) is 0 Å². The van der Waals surface area contributed by atoms with E-state index in [9.17, 15) is 17.6 Å². The van der Waals surface area contributed by atoms with Gasteiger partial charge in [0.1, 0.15) is 5.82 Å². The summed E-state index contributed by atoms with van der Waals surface area (Å²) in [6.07, 6.45) is 2.22. The van der Waals surface area contributed by atoms with Crippen molar-refractivity contribution in [2.75, 3.05) is 26.2 Å². The lowest BCUT2D eigenvalue weighted by Crippen LogP contribution is -2.47. The maximum absolute atomic E-state index is 13.1. The van der Waals surface area contributed by atoms with Crippen molar-refractivity contribution in [3.05, 3.63) is 30.1 Å². The van der Waals surface area contributed by atoms with Crippen LogP contribution in [0.5, 0.6) is 0 Å². The number of benzene rings is 1. The molecule has 2 fully saturated rings. The number of rotatable bonds is 4. The van der Waals surface area contributed by atoms with Crippen molar-refractivity contribution in [2.45, 2.75) is 37.1 Å². The standard InChI is InChI=1S/C18H26FN3O3S.ClH/c1-13-9-14(10-20)11-22(13)18(23)15-3-2-8-21(12-15)26(24,25)17-6-4-16(19)5-7-17;/h4-7,13-15H,2-3,8-12,20H2,1H3;1H. The highest BCUT2D eigenvalue weighted by atomic mass is 35.5. The van der Waals surface area contributed by atoms with Crippen molar-refractivity contribution >= 4 is 28.3 Å². The minimum atomic E-state index is -3.72. The third kappa shape index (κ3) is 4.62. The maximum Gasteiger partial charge on any atom is 0.243 e. The summed E-state index contributed by atoms with van der Waals surface area (Å²) in [6, 6.07) is 4.95. The first kappa shape index (κ1) is 22.1. The van der Waals surface area contributed by atoms with Crippen molar-refractivity contribution in [3.63, 3.8) is 0 Å². The zero-order valence-corrected chi connectivity index (χ0v) is 17.0. The summed E-state index contributed by atoms with van der Waals surface area (Å²) in [5, 5.41) is 0. The molecular weight excluding hydrogens is 393 g/mol. The highest BCUT2D eigenvalue weighted by Gasteiger charge is 2.39. The number of hydrogen-bond donors (Lipinski definition) is 1. The van der Waals surface area contributed by atoms with E-state index in [-0.39, 0.29) is 41.7 Å². The Morgan fingerprint density at radius 1 is 1.26 bits per heavy atom. The lowest BCUT2D eigenvalue weighted by atomic mass is 9.98. The molecule has 0 radical (unpaired) electrons. The van der Waals surface area contributed by atoms with E-state index in [0.29, 0.717) is 38.4 Å². The highest BCUT2D eigenvalue weighted by Crippen LogP contribution is 2.29. The molecule has 0 aromatic heterocycles. The Kier molecular flexibility index (Phi) is 7.24. The van der Waals surface area contributed by atoms with Gasteiger partial charge in [-0.15, -0.1) is 12.4 Å². The predicted molar refractivity (Wildman–Crippen MR) is 103 cm³/mol. The average molecular weight is 420 g/mol. The van der Waals surface area contributed by atoms with Crippen LogP contribution < -0.4 is 5.73 Å². The van der Waals surface area contributed by atoms with Crippen molar-refractivity contribution < 1.29 is 17.6 Å². The van der Waals surface area contributed by atoms with Crippen LogP contribution >= 0.6 is 12.4 Å². The van der Waals surface area contributed by atoms with Gasteiger partial charge >= 0.3 is 0 Å². The molecule has 152 valence electrons. The van der Waals surface area contributed by atoms with Gasteiger partial charge in [-0.2, -0.15) is 4.31 Å². The van der Waals surface area contributed by atoms with E-state index in [0.717, 1.165) is 18.6 Å². The van der Waals surface area contributed by atoms with Crippen LogP contribution in [0.3, 0.4) is 0 Å². The first-order valence-electron chi connectivity index (χ1n) is 9.09. The average Bonchev–Trinajstić information content (AvgIpc) is 3.02. The number of likely N-dealkylation sites (tertiary alicyclic amines) is 1. The van der Waals surface area contributed by atoms with E-state index in [1.807, 2.05) is 11.8 Å². The molecule has 9 heteroatoms. The summed E-state index contributed by atoms with van der Waals surface area (Å²) in [6.45, 7) is 3.78. The number of hydrogen-bond acceptors (Lipinski definition) is 4. The van der Waals surface area contributed by atoms with Crippen LogP contribution in [0, 0.1) is 17.7 Å². The Hall–Kier alpha value is -1.22. The Labute approximate surface area is 166 Å². The quantitative estimate of drug-likeness (QED) is 0.807. The maximum atomic E-state index is 13.1. The Morgan fingerprint density at radius 2 is 1.93 bits per heavy atom. The van der Waals surface area contributed by atoms with Crippen LogP contribution in [0.1, 0.15) is 26.2 Å². The van der Waals surface area contributed by atoms with Crippen LogP contribution in [0.15, 0.2) is 29.2 Å². The summed E-state index contributed by atoms with van der Waals surface area (Å²) in [4.78, 5) is 14.9. The molecule has 3 rings (SSSR count). The molecule has 2 saturated heterocycles. The van der Waals surface area contributed by atoms with Crippen molar-refractivity contribution in [1.29, 1.82) is 0 Å². The second-order valence-corrected chi connectivity index (χ2v) is 9.27. The molecule has 2 aliphatic heterocycles. The van der Waals surface area contributed by atoms with Gasteiger partial charge in [0.05, 0.1) is 10.8 Å². The minimum Gasteiger partial charge on any atom is -0.339 e. The highest BCUT2D eigenvalue weighted by molar-refractivity contribution is 7.89. The number of nitrogens with two attached hydrogens (primary N) is 1. The summed E-state index contributed by atoms with van der Waals surface area (Å²) in [5.41, 5.74) is 5.74. The normalized spacial score (nSPS) is 26.6. The van der Waals surface area contributed by atoms with Crippen LogP contribution in [-0.2, 0) is 14.8 Å². The topological polar surface area (TPSA) is 83.7 Å². The number of halogens is 2. The summed E-state index contributed by atoms with van der Waals surface area (Å²) >= 11 is 0. The molecule has 0 bridgehead atoms. The Morgan fingerprint density at radius 3 is 2.52 bits per heavy atom. The first-order valence-corrected chi connectivity index (χ1v) is 10.5. The Bertz CT molecular complexity index is 760. The fourth-order valence-electron chi connectivity index (χ4n) is 3.97. The molecule has 1 aromatic carbocycles. The molecule has 0 spiro atoms. The zero-order chi connectivity index (χ0) is 18.9. The van der Waals surface area contributed by atoms with E-state index in [1.54, 1.807) is 0 Å². The second-order valence-electron chi connectivity index (χ2n) is 7.33. The summed E-state index contributed by atoms with van der Waals surface area (Å²) in [7, 11) is -3.72. The molecular formula is C18H27ClFN3O3S. The summed E-state index contributed by atoms with van der Waals surface area (Å²) in [5.74, 6) is -0.477. The molecule has 1 amide bonds. The number of sulfonamides is 1. The van der Waals surface area contributed by atoms with Gasteiger partial charge < -0.3 is 10.6 Å². The number of nitrogens with zero attached hydrogens (tertiary/aromatic N) is 2. The SMILES string of the molecule is CC1CC(CN)CN1C(=O)C1CCCN(S(=O)(=O)c2ccc(F)cc2)C1.Cl. The van der Waals surface area contributed by atoms with Crippen molar-refractivity contribution in [2.24, 2.45) is 17.6 Å². The third-order valence-corrected chi connectivity index (χ3v) is 7.34. The van der Waals surface area contributed by atoms with Gasteiger partial charge in [-0.1, -0.05) is 0 Å². The monoisotopic (exact) mass is 419 g/mol. The molecule has 3 unspecified atom stereocenters. The Balaban J connectivity index is 0.00000261. The molecule has 2 heterocycles. The van der Waals surface area contributed by atoms with Crippen molar-refractivity contribution in [3.8, 4) is 0 Å². The minimum absolute atomic E-state index is 0. The van der Waals surface area contributed by atoms with Gasteiger partial charge in [-0.3, -0.25) is 4.79 Å². The van der Waals surface area contributed by atoms with Crippen LogP contribution in [0.4, 0.5) is 4.39 Å². The van der Waals surface area contributed by atoms with E-state index in [2.05, 4.69) is 0 Å². The zero-order valence-electron chi connectivity index (χ0n) is 15.4. The second kappa shape index (κ2) is 8.86. The fraction of sp³-hybridized carbons (Fsp3) is 0.611. The van der Waals surface area contributed by atoms with Gasteiger partial charge in [0, 0.05) is 25.7 Å². The lowest BCUT2D eigenvalue weighted by Gasteiger charge is -2.34. The van der Waals surface area contributed by atoms with Crippen LogP contribution in [-0.4, -0.2) is 55.8 Å². The van der Waals surface area contributed by atoms with E-state index in [4.69, 9.17) is 5.73 Å². The molecule has 27 heavy (non-hydrogen) atoms. The van der Waals surface area contributed by atoms with Gasteiger partial charge in [-0.05, 0) is 62.9 Å². The van der Waals surface area contributed by atoms with Gasteiger partial charge in [-0.25, -0.2) is 12.8 Å². The molecule has 2 aliphatic rings. The third-order valence-electron chi connectivity index (χ3n) is 5.46. The number of piperidine rings is 1. The number of carbonyl (C=O) groups is 1. The van der Waals surface area contributed by atoms with E-state index < -0.39 is 15.8 Å². The molecule has 3 atom stereocenters. The summed E-state index contributed by atoms with van der Waals surface area (Å²) < 4.78 is 40.1. The number of amides is 1. The molecule has 6 nitrogen and oxygen atoms in total. The number of carbonyl (C=O) groups excluding carboxylic acids is 1. The van der Waals surface area contributed by atoms with Gasteiger partial charge in [0.2, 0.25) is 15.9 Å². The van der Waals surface area contributed by atoms with Crippen LogP contribution in [0.2, 0.25) is 0 Å². The fourth-order valence-corrected chi connectivity index (χ4v) is 5.50. The van der Waals surface area contributed by atoms with Gasteiger partial charge in [0.15, 0.2) is 0 Å². The first-order chi connectivity index (χ1) is 12.3. The molecule has 2 N–H and O–H groups in total. The molecule has 0 aliphatic carbocycles. The van der Waals surface area contributed by atoms with Gasteiger partial charge in [0.25, 0.3) is 0 Å². The van der Waals surface area contributed by atoms with Crippen molar-refractivity contribution in [1.82, 2.24) is 9.21 Å². The predicted octanol–water partition coefficient (Wildman–Crippen LogP) is 1.84. The lowest BCUT2D eigenvalue weighted by molar-refractivity contribution is -0.137. The molecule has 1 aromatic rings. The smallest absolute Gasteiger partial charge is 0.243 e. The van der Waals surface area contributed by atoms with E-state index >= 15 is 0 Å². The molecule has 0 saturated carbocycles.